The van der Waals surface area contributed by atoms with E-state index < -0.39 is 12.2 Å². The van der Waals surface area contributed by atoms with E-state index in [1.165, 1.54) is 0 Å². The van der Waals surface area contributed by atoms with Crippen LogP contribution in [0.15, 0.2) is 0 Å². The molecule has 0 radical (unpaired) electrons. The number of rotatable bonds is 6. The van der Waals surface area contributed by atoms with E-state index in [-0.39, 0.29) is 5.92 Å². The molecule has 0 aromatic heterocycles. The normalized spacial score (nSPS) is 16.6. The molecule has 0 heterocycles. The lowest BCUT2D eigenvalue weighted by Crippen LogP contribution is -2.30. The molecule has 0 aliphatic rings. The third-order valence-corrected chi connectivity index (χ3v) is 2.36. The fourth-order valence-corrected chi connectivity index (χ4v) is 1.35. The Balaban J connectivity index is 3.55. The van der Waals surface area contributed by atoms with Crippen LogP contribution in [0.25, 0.3) is 0 Å². The lowest BCUT2D eigenvalue weighted by Gasteiger charge is -2.21. The molecule has 2 nitrogen and oxygen atoms in total. The Kier molecular flexibility index (Phi) is 6.35. The summed E-state index contributed by atoms with van der Waals surface area (Å²) in [6.45, 7) is 8.20. The molecule has 2 unspecified atom stereocenters. The van der Waals surface area contributed by atoms with Gasteiger partial charge in [0.2, 0.25) is 0 Å². The lowest BCUT2D eigenvalue weighted by molar-refractivity contribution is -0.0135. The third-order valence-electron chi connectivity index (χ3n) is 2.36. The average Bonchev–Trinajstić information content (AvgIpc) is 2.02. The van der Waals surface area contributed by atoms with Gasteiger partial charge in [0, 0.05) is 0 Å². The molecule has 0 saturated heterocycles. The van der Waals surface area contributed by atoms with Gasteiger partial charge in [0.15, 0.2) is 0 Å². The van der Waals surface area contributed by atoms with Gasteiger partial charge in [0.05, 0.1) is 12.2 Å². The van der Waals surface area contributed by atoms with Crippen LogP contribution in [0.3, 0.4) is 0 Å². The predicted molar refractivity (Wildman–Crippen MR) is 55.5 cm³/mol. The summed E-state index contributed by atoms with van der Waals surface area (Å²) in [4.78, 5) is 0. The van der Waals surface area contributed by atoms with E-state index in [0.29, 0.717) is 5.92 Å². The zero-order valence-corrected chi connectivity index (χ0v) is 9.33. The van der Waals surface area contributed by atoms with Crippen LogP contribution in [0, 0.1) is 11.8 Å². The molecule has 0 fully saturated rings. The van der Waals surface area contributed by atoms with E-state index in [0.717, 1.165) is 19.3 Å². The van der Waals surface area contributed by atoms with Crippen molar-refractivity contribution in [1.29, 1.82) is 0 Å². The Bertz CT molecular complexity index is 121. The van der Waals surface area contributed by atoms with E-state index in [1.54, 1.807) is 0 Å². The summed E-state index contributed by atoms with van der Waals surface area (Å²) in [5.41, 5.74) is 0. The first kappa shape index (κ1) is 12.9. The van der Waals surface area contributed by atoms with Gasteiger partial charge in [0.1, 0.15) is 0 Å². The Hall–Kier alpha value is -0.0800. The number of aliphatic hydroxyl groups excluding tert-OH is 2. The summed E-state index contributed by atoms with van der Waals surface area (Å²) in [5.74, 6) is 0.831. The minimum atomic E-state index is -0.563. The molecule has 13 heavy (non-hydrogen) atoms. The number of hydrogen-bond donors (Lipinski definition) is 2. The Morgan fingerprint density at radius 3 is 1.85 bits per heavy atom. The highest BCUT2D eigenvalue weighted by molar-refractivity contribution is 4.70. The van der Waals surface area contributed by atoms with Crippen molar-refractivity contribution in [1.82, 2.24) is 0 Å². The van der Waals surface area contributed by atoms with Crippen LogP contribution in [0.2, 0.25) is 0 Å². The summed E-state index contributed by atoms with van der Waals surface area (Å²) >= 11 is 0. The van der Waals surface area contributed by atoms with E-state index in [1.807, 2.05) is 13.8 Å². The maximum atomic E-state index is 9.55. The monoisotopic (exact) mass is 188 g/mol. The van der Waals surface area contributed by atoms with Crippen molar-refractivity contribution in [3.05, 3.63) is 0 Å². The van der Waals surface area contributed by atoms with Crippen LogP contribution in [0.4, 0.5) is 0 Å². The second-order valence-electron chi connectivity index (χ2n) is 4.63. The molecule has 0 aromatic rings. The van der Waals surface area contributed by atoms with Crippen molar-refractivity contribution in [2.75, 3.05) is 0 Å². The quantitative estimate of drug-likeness (QED) is 0.671. The van der Waals surface area contributed by atoms with Gasteiger partial charge in [-0.15, -0.1) is 0 Å². The van der Waals surface area contributed by atoms with Crippen LogP contribution >= 0.6 is 0 Å². The molecule has 2 heteroatoms. The van der Waals surface area contributed by atoms with Gasteiger partial charge in [-0.2, -0.15) is 0 Å². The van der Waals surface area contributed by atoms with E-state index in [4.69, 9.17) is 0 Å². The SMILES string of the molecule is CC(C)CCCC(O)C(O)C(C)C. The molecule has 0 aliphatic heterocycles. The largest absolute Gasteiger partial charge is 0.390 e. The Labute approximate surface area is 82.0 Å². The molecule has 0 amide bonds. The van der Waals surface area contributed by atoms with Crippen molar-refractivity contribution in [3.8, 4) is 0 Å². The molecule has 0 aromatic carbocycles. The zero-order chi connectivity index (χ0) is 10.4. The summed E-state index contributed by atoms with van der Waals surface area (Å²) in [7, 11) is 0. The summed E-state index contributed by atoms with van der Waals surface area (Å²) in [6.07, 6.45) is 1.74. The summed E-state index contributed by atoms with van der Waals surface area (Å²) < 4.78 is 0. The van der Waals surface area contributed by atoms with Crippen LogP contribution in [0.1, 0.15) is 47.0 Å². The lowest BCUT2D eigenvalue weighted by atomic mass is 9.96. The zero-order valence-electron chi connectivity index (χ0n) is 9.33. The van der Waals surface area contributed by atoms with E-state index >= 15 is 0 Å². The molecule has 2 N–H and O–H groups in total. The second kappa shape index (κ2) is 6.39. The highest BCUT2D eigenvalue weighted by atomic mass is 16.3. The van der Waals surface area contributed by atoms with Gasteiger partial charge in [0.25, 0.3) is 0 Å². The maximum absolute atomic E-state index is 9.55. The van der Waals surface area contributed by atoms with Crippen LogP contribution in [-0.4, -0.2) is 22.4 Å². The average molecular weight is 188 g/mol. The van der Waals surface area contributed by atoms with Crippen molar-refractivity contribution in [2.45, 2.75) is 59.2 Å². The molecule has 0 saturated carbocycles. The van der Waals surface area contributed by atoms with Gasteiger partial charge >= 0.3 is 0 Å². The van der Waals surface area contributed by atoms with Crippen LogP contribution in [0.5, 0.6) is 0 Å². The topological polar surface area (TPSA) is 40.5 Å². The molecule has 0 aliphatic carbocycles. The first-order chi connectivity index (χ1) is 5.95. The Morgan fingerprint density at radius 2 is 1.46 bits per heavy atom. The van der Waals surface area contributed by atoms with Crippen molar-refractivity contribution in [2.24, 2.45) is 11.8 Å². The highest BCUT2D eigenvalue weighted by Crippen LogP contribution is 2.14. The van der Waals surface area contributed by atoms with Gasteiger partial charge in [-0.25, -0.2) is 0 Å². The maximum Gasteiger partial charge on any atom is 0.0821 e. The molecular formula is C11H24O2. The fourth-order valence-electron chi connectivity index (χ4n) is 1.35. The first-order valence-corrected chi connectivity index (χ1v) is 5.31. The molecular weight excluding hydrogens is 164 g/mol. The predicted octanol–water partition coefficient (Wildman–Crippen LogP) is 2.19. The molecule has 80 valence electrons. The summed E-state index contributed by atoms with van der Waals surface area (Å²) in [6, 6.07) is 0. The van der Waals surface area contributed by atoms with Gasteiger partial charge in [-0.05, 0) is 18.3 Å². The van der Waals surface area contributed by atoms with E-state index in [9.17, 15) is 10.2 Å². The minimum Gasteiger partial charge on any atom is -0.390 e. The highest BCUT2D eigenvalue weighted by Gasteiger charge is 2.18. The summed E-state index contributed by atoms with van der Waals surface area (Å²) in [5, 5.41) is 19.1. The van der Waals surface area contributed by atoms with Crippen LogP contribution < -0.4 is 0 Å². The van der Waals surface area contributed by atoms with Gasteiger partial charge in [-0.1, -0.05) is 40.5 Å². The van der Waals surface area contributed by atoms with Crippen molar-refractivity contribution in [3.63, 3.8) is 0 Å². The Morgan fingerprint density at radius 1 is 0.923 bits per heavy atom. The third kappa shape index (κ3) is 6.05. The molecule has 0 rings (SSSR count). The van der Waals surface area contributed by atoms with Gasteiger partial charge in [-0.3, -0.25) is 0 Å². The van der Waals surface area contributed by atoms with E-state index in [2.05, 4.69) is 13.8 Å². The smallest absolute Gasteiger partial charge is 0.0821 e. The van der Waals surface area contributed by atoms with Crippen LogP contribution in [-0.2, 0) is 0 Å². The first-order valence-electron chi connectivity index (χ1n) is 5.31. The number of hydrogen-bond acceptors (Lipinski definition) is 2. The second-order valence-corrected chi connectivity index (χ2v) is 4.63. The molecule has 0 bridgehead atoms. The minimum absolute atomic E-state index is 0.147. The molecule has 0 spiro atoms. The fraction of sp³-hybridized carbons (Fsp3) is 1.00. The standard InChI is InChI=1S/C11H24O2/c1-8(2)6-5-7-10(12)11(13)9(3)4/h8-13H,5-7H2,1-4H3. The van der Waals surface area contributed by atoms with Crippen molar-refractivity contribution >= 4 is 0 Å². The van der Waals surface area contributed by atoms with Gasteiger partial charge < -0.3 is 10.2 Å². The number of aliphatic hydroxyl groups is 2. The van der Waals surface area contributed by atoms with Crippen molar-refractivity contribution < 1.29 is 10.2 Å². The molecule has 2 atom stereocenters.